The van der Waals surface area contributed by atoms with Gasteiger partial charge in [0.15, 0.2) is 5.78 Å². The number of imide groups is 1. The molecule has 1 atom stereocenters. The smallest absolute Gasteiger partial charge is 0.263 e. The lowest BCUT2D eigenvalue weighted by molar-refractivity contribution is -0.136. The van der Waals surface area contributed by atoms with Crippen LogP contribution in [0.25, 0.3) is 11.0 Å². The lowest BCUT2D eigenvalue weighted by Crippen LogP contribution is -2.52. The minimum atomic E-state index is -0.997. The number of anilines is 3. The Hall–Kier alpha value is -6.32. The number of hydrogen-bond donors (Lipinski definition) is 3. The highest BCUT2D eigenvalue weighted by Crippen LogP contribution is 2.38. The first-order valence-electron chi connectivity index (χ1n) is 23.1. The summed E-state index contributed by atoms with van der Waals surface area (Å²) in [7, 11) is 0. The number of nitrogens with one attached hydrogen (secondary N) is 2. The highest BCUT2D eigenvalue weighted by molar-refractivity contribution is 6.05. The zero-order valence-electron chi connectivity index (χ0n) is 37.0. The molecule has 5 aliphatic rings. The molecule has 65 heavy (non-hydrogen) atoms. The number of benzene rings is 2. The van der Waals surface area contributed by atoms with Crippen molar-refractivity contribution in [3.05, 3.63) is 116 Å². The molecule has 3 aromatic heterocycles. The average Bonchev–Trinajstić information content (AvgIpc) is 3.95. The largest absolute Gasteiger partial charge is 0.385 e. The third-order valence-corrected chi connectivity index (χ3v) is 14.7. The van der Waals surface area contributed by atoms with Crippen LogP contribution in [0, 0.1) is 6.92 Å². The summed E-state index contributed by atoms with van der Waals surface area (Å²) < 4.78 is 1.72. The van der Waals surface area contributed by atoms with Crippen molar-refractivity contribution in [2.24, 2.45) is 0 Å². The number of nitrogens with zero attached hydrogens (tertiary/aromatic N) is 7. The van der Waals surface area contributed by atoms with Gasteiger partial charge in [0.2, 0.25) is 17.8 Å². The first-order valence-corrected chi connectivity index (χ1v) is 23.1. The van der Waals surface area contributed by atoms with E-state index in [0.717, 1.165) is 88.1 Å². The zero-order valence-corrected chi connectivity index (χ0v) is 37.0. The van der Waals surface area contributed by atoms with Crippen LogP contribution in [-0.4, -0.2) is 90.2 Å². The van der Waals surface area contributed by atoms with Gasteiger partial charge in [-0.25, -0.2) is 9.97 Å². The van der Waals surface area contributed by atoms with Gasteiger partial charge in [-0.3, -0.25) is 38.8 Å². The van der Waals surface area contributed by atoms with Crippen LogP contribution in [0.5, 0.6) is 0 Å². The molecule has 0 spiro atoms. The topological polar surface area (TPSA) is 183 Å². The number of piperidine rings is 3. The van der Waals surface area contributed by atoms with Crippen LogP contribution in [0.1, 0.15) is 132 Å². The fraction of sp³-hybridized carbons (Fsp3) is 0.440. The number of aromatic nitrogens is 4. The van der Waals surface area contributed by atoms with E-state index in [2.05, 4.69) is 55.7 Å². The van der Waals surface area contributed by atoms with Crippen LogP contribution in [-0.2, 0) is 28.3 Å². The Labute approximate surface area is 377 Å². The number of carbonyl (C=O) groups excluding carboxylic acids is 4. The number of rotatable bonds is 10. The monoisotopic (exact) mass is 877 g/mol. The molecule has 4 fully saturated rings. The summed E-state index contributed by atoms with van der Waals surface area (Å²) in [4.78, 5) is 83.8. The van der Waals surface area contributed by atoms with E-state index in [9.17, 15) is 29.1 Å². The van der Waals surface area contributed by atoms with Gasteiger partial charge < -0.3 is 20.2 Å². The summed E-state index contributed by atoms with van der Waals surface area (Å²) in [5, 5.41) is 18.1. The highest BCUT2D eigenvalue weighted by atomic mass is 16.3. The minimum Gasteiger partial charge on any atom is -0.385 e. The van der Waals surface area contributed by atoms with Crippen LogP contribution in [0.2, 0.25) is 0 Å². The quantitative estimate of drug-likeness (QED) is 0.107. The number of hydrogen-bond acceptors (Lipinski definition) is 12. The predicted molar refractivity (Wildman–Crippen MR) is 245 cm³/mol. The zero-order chi connectivity index (χ0) is 45.0. The molecule has 0 radical (unpaired) electrons. The van der Waals surface area contributed by atoms with Crippen molar-refractivity contribution in [3.8, 4) is 0 Å². The van der Waals surface area contributed by atoms with Crippen LogP contribution >= 0.6 is 0 Å². The Bertz CT molecular complexity index is 2750. The van der Waals surface area contributed by atoms with Gasteiger partial charge in [-0.15, -0.1) is 0 Å². The average molecular weight is 878 g/mol. The maximum atomic E-state index is 13.6. The second kappa shape index (κ2) is 17.2. The Balaban J connectivity index is 0.712. The molecule has 1 aliphatic carbocycles. The number of amides is 3. The van der Waals surface area contributed by atoms with Crippen molar-refractivity contribution < 1.29 is 24.3 Å². The summed E-state index contributed by atoms with van der Waals surface area (Å²) in [6.45, 7) is 7.66. The number of aryl methyl sites for hydroxylation is 1. The van der Waals surface area contributed by atoms with Crippen LogP contribution in [0.15, 0.2) is 71.8 Å². The van der Waals surface area contributed by atoms with Crippen LogP contribution < -0.4 is 21.1 Å². The number of likely N-dealkylation sites (tertiary alicyclic amines) is 1. The van der Waals surface area contributed by atoms with Crippen LogP contribution in [0.4, 0.5) is 17.5 Å². The van der Waals surface area contributed by atoms with Crippen molar-refractivity contribution in [1.29, 1.82) is 0 Å². The van der Waals surface area contributed by atoms with Gasteiger partial charge in [-0.05, 0) is 111 Å². The van der Waals surface area contributed by atoms with Crippen molar-refractivity contribution in [2.45, 2.75) is 115 Å². The van der Waals surface area contributed by atoms with E-state index in [0.29, 0.717) is 65.7 Å². The molecular formula is C50H55N9O6. The van der Waals surface area contributed by atoms with E-state index in [1.807, 2.05) is 24.4 Å². The molecule has 10 rings (SSSR count). The maximum Gasteiger partial charge on any atom is 0.263 e. The molecule has 7 heterocycles. The van der Waals surface area contributed by atoms with Crippen molar-refractivity contribution >= 4 is 52.0 Å². The first-order chi connectivity index (χ1) is 31.4. The highest BCUT2D eigenvalue weighted by Gasteiger charge is 2.41. The maximum absolute atomic E-state index is 13.6. The molecule has 5 aromatic rings. The number of Topliss-reactive ketones (excluding diaryl/α,β-unsaturated/α-hetero) is 1. The summed E-state index contributed by atoms with van der Waals surface area (Å²) >= 11 is 0. The van der Waals surface area contributed by atoms with E-state index < -0.39 is 17.6 Å². The van der Waals surface area contributed by atoms with E-state index in [-0.39, 0.29) is 41.2 Å². The molecule has 15 nitrogen and oxygen atoms in total. The molecular weight excluding hydrogens is 823 g/mol. The van der Waals surface area contributed by atoms with Gasteiger partial charge >= 0.3 is 0 Å². The van der Waals surface area contributed by atoms with Gasteiger partial charge in [0.05, 0.1) is 23.0 Å². The Morgan fingerprint density at radius 3 is 2.34 bits per heavy atom. The number of carbonyl (C=O) groups is 4. The summed E-state index contributed by atoms with van der Waals surface area (Å²) in [5.74, 6) is 0.245. The van der Waals surface area contributed by atoms with Gasteiger partial charge in [0.1, 0.15) is 17.5 Å². The molecule has 15 heteroatoms. The van der Waals surface area contributed by atoms with Crippen molar-refractivity contribution in [2.75, 3.05) is 36.4 Å². The Morgan fingerprint density at radius 2 is 1.65 bits per heavy atom. The van der Waals surface area contributed by atoms with E-state index >= 15 is 0 Å². The molecule has 3 amide bonds. The second-order valence-electron chi connectivity index (χ2n) is 18.7. The van der Waals surface area contributed by atoms with E-state index in [1.165, 1.54) is 18.1 Å². The summed E-state index contributed by atoms with van der Waals surface area (Å²) in [6, 6.07) is 17.9. The molecule has 1 saturated carbocycles. The standard InChI is InChI=1S/C50H55N9O6/c1-30-40-27-52-49(55-45(40)59(37-5-3-4-6-37)48(64)44(30)31(2)60)53-42-15-12-38(26-51-42)57-21-17-34(18-22-57)33-9-7-32(8-10-33)28-56-23-19-50(65,20-24-56)36-11-13-39-35(25-36)29-58(47(39)63)41-14-16-43(61)54-46(41)62/h7-13,15,25-27,34,37,41,65H,3-6,14,16-24,28-29H2,1-2H3,(H,54,61,62)(H,51,52,53,55). The summed E-state index contributed by atoms with van der Waals surface area (Å²) in [5.41, 5.74) is 5.94. The molecule has 3 saturated heterocycles. The molecule has 2 aromatic carbocycles. The van der Waals surface area contributed by atoms with E-state index in [1.54, 1.807) is 28.7 Å². The third-order valence-electron chi connectivity index (χ3n) is 14.7. The Morgan fingerprint density at radius 1 is 0.892 bits per heavy atom. The van der Waals surface area contributed by atoms with Gasteiger partial charge in [-0.1, -0.05) is 49.2 Å². The number of ketones is 1. The predicted octanol–water partition coefficient (Wildman–Crippen LogP) is 6.18. The van der Waals surface area contributed by atoms with Gasteiger partial charge in [-0.2, -0.15) is 4.98 Å². The number of pyridine rings is 2. The van der Waals surface area contributed by atoms with Crippen molar-refractivity contribution in [3.63, 3.8) is 0 Å². The lowest BCUT2D eigenvalue weighted by atomic mass is 9.83. The normalized spacial score (nSPS) is 20.7. The lowest BCUT2D eigenvalue weighted by Gasteiger charge is -2.39. The fourth-order valence-corrected chi connectivity index (χ4v) is 10.9. The number of aliphatic hydroxyl groups is 1. The summed E-state index contributed by atoms with van der Waals surface area (Å²) in [6.07, 6.45) is 11.2. The molecule has 4 aliphatic heterocycles. The second-order valence-corrected chi connectivity index (χ2v) is 18.7. The minimum absolute atomic E-state index is 0.00945. The molecule has 3 N–H and O–H groups in total. The number of fused-ring (bicyclic) bond motifs is 2. The van der Waals surface area contributed by atoms with Gasteiger partial charge in [0.25, 0.3) is 11.5 Å². The van der Waals surface area contributed by atoms with E-state index in [4.69, 9.17) is 9.97 Å². The Kier molecular flexibility index (Phi) is 11.3. The molecule has 0 bridgehead atoms. The third kappa shape index (κ3) is 8.20. The fourth-order valence-electron chi connectivity index (χ4n) is 10.9. The SMILES string of the molecule is CC(=O)c1c(C)c2cnc(Nc3ccc(N4CCC(c5ccc(CN6CCC(O)(c7ccc8c(c7)CN(C7CCC(=O)NC7=O)C8=O)CC6)cc5)CC4)cn3)nc2n(C2CCCC2)c1=O. The van der Waals surface area contributed by atoms with Gasteiger partial charge in [0, 0.05) is 68.9 Å². The molecule has 1 unspecified atom stereocenters. The molecule has 336 valence electrons. The van der Waals surface area contributed by atoms with Crippen molar-refractivity contribution in [1.82, 2.24) is 34.6 Å². The van der Waals surface area contributed by atoms with Crippen LogP contribution in [0.3, 0.4) is 0 Å². The first kappa shape index (κ1) is 42.6.